The standard InChI is InChI=1S/C6H13N.C4H11N.C3H9N.C2H7N.H3N/c7-6-4-2-1-3-5-6;1-3-5-4-2;1-3-4-2;1-2-3;/h6H,1-5,7H2;5H,3-4H2,1-2H3;4H,3H2,1-2H3;2-3H2,1H3;1H3. The Morgan fingerprint density at radius 3 is 1.35 bits per heavy atom. The van der Waals surface area contributed by atoms with E-state index in [4.69, 9.17) is 11.5 Å². The van der Waals surface area contributed by atoms with Gasteiger partial charge in [0.05, 0.1) is 0 Å². The van der Waals surface area contributed by atoms with Gasteiger partial charge in [-0.25, -0.2) is 0 Å². The van der Waals surface area contributed by atoms with E-state index in [1.54, 1.807) is 0 Å². The Morgan fingerprint density at radius 2 is 1.25 bits per heavy atom. The second-order valence-electron chi connectivity index (χ2n) is 4.47. The summed E-state index contributed by atoms with van der Waals surface area (Å²) in [5, 5.41) is 6.04. The maximum atomic E-state index is 5.63. The lowest BCUT2D eigenvalue weighted by atomic mass is 9.97. The van der Waals surface area contributed by atoms with Crippen molar-refractivity contribution in [3.63, 3.8) is 0 Å². The quantitative estimate of drug-likeness (QED) is 0.548. The van der Waals surface area contributed by atoms with Gasteiger partial charge >= 0.3 is 0 Å². The Hall–Kier alpha value is -0.200. The fourth-order valence-corrected chi connectivity index (χ4v) is 1.38. The van der Waals surface area contributed by atoms with E-state index < -0.39 is 0 Å². The van der Waals surface area contributed by atoms with E-state index in [0.717, 1.165) is 26.2 Å². The zero-order chi connectivity index (χ0) is 15.4. The van der Waals surface area contributed by atoms with Crippen molar-refractivity contribution in [3.8, 4) is 0 Å². The molecule has 0 saturated heterocycles. The lowest BCUT2D eigenvalue weighted by Gasteiger charge is -2.15. The summed E-state index contributed by atoms with van der Waals surface area (Å²) in [7, 11) is 1.93. The predicted molar refractivity (Wildman–Crippen MR) is 94.6 cm³/mol. The van der Waals surface area contributed by atoms with Crippen molar-refractivity contribution < 1.29 is 0 Å². The van der Waals surface area contributed by atoms with Crippen LogP contribution >= 0.6 is 0 Å². The SMILES string of the molecule is CCN.CCNC.CCNCC.N.NC1CCCCC1. The minimum absolute atomic E-state index is 0. The van der Waals surface area contributed by atoms with Crippen molar-refractivity contribution in [1.29, 1.82) is 0 Å². The fourth-order valence-electron chi connectivity index (χ4n) is 1.38. The third kappa shape index (κ3) is 43.1. The van der Waals surface area contributed by atoms with E-state index in [-0.39, 0.29) is 6.15 Å². The lowest BCUT2D eigenvalue weighted by molar-refractivity contribution is 0.441. The van der Waals surface area contributed by atoms with Crippen LogP contribution in [0.2, 0.25) is 0 Å². The molecule has 1 saturated carbocycles. The highest BCUT2D eigenvalue weighted by molar-refractivity contribution is 4.66. The number of nitrogens with two attached hydrogens (primary N) is 2. The molecule has 0 atom stereocenters. The summed E-state index contributed by atoms with van der Waals surface area (Å²) in [5.74, 6) is 0. The molecule has 0 spiro atoms. The van der Waals surface area contributed by atoms with Crippen LogP contribution in [0, 0.1) is 0 Å². The molecule has 20 heavy (non-hydrogen) atoms. The van der Waals surface area contributed by atoms with E-state index in [1.807, 2.05) is 14.0 Å². The summed E-state index contributed by atoms with van der Waals surface area (Å²) < 4.78 is 0. The van der Waals surface area contributed by atoms with Crippen LogP contribution in [0.25, 0.3) is 0 Å². The molecular weight excluding hydrogens is 250 g/mol. The fraction of sp³-hybridized carbons (Fsp3) is 1.00. The molecule has 0 aliphatic heterocycles. The first-order chi connectivity index (χ1) is 9.14. The van der Waals surface area contributed by atoms with Gasteiger partial charge in [0.25, 0.3) is 0 Å². The van der Waals surface area contributed by atoms with E-state index in [9.17, 15) is 0 Å². The van der Waals surface area contributed by atoms with Crippen LogP contribution in [0.1, 0.15) is 59.8 Å². The molecular formula is C15H43N5. The Bertz CT molecular complexity index is 113. The van der Waals surface area contributed by atoms with Gasteiger partial charge in [-0.2, -0.15) is 0 Å². The van der Waals surface area contributed by atoms with Crippen LogP contribution in [0.3, 0.4) is 0 Å². The summed E-state index contributed by atoms with van der Waals surface area (Å²) in [4.78, 5) is 0. The molecule has 0 unspecified atom stereocenters. The van der Waals surface area contributed by atoms with Crippen molar-refractivity contribution >= 4 is 0 Å². The van der Waals surface area contributed by atoms with Crippen LogP contribution < -0.4 is 28.3 Å². The van der Waals surface area contributed by atoms with Gasteiger partial charge in [0, 0.05) is 6.04 Å². The Balaban J connectivity index is -0.0000000888. The number of hydrogen-bond donors (Lipinski definition) is 5. The predicted octanol–water partition coefficient (Wildman–Crippen LogP) is 2.25. The van der Waals surface area contributed by atoms with E-state index in [2.05, 4.69) is 31.4 Å². The second-order valence-corrected chi connectivity index (χ2v) is 4.47. The number of hydrogen-bond acceptors (Lipinski definition) is 5. The maximum absolute atomic E-state index is 5.63. The Kier molecular flexibility index (Phi) is 43.8. The second kappa shape index (κ2) is 31.3. The summed E-state index contributed by atoms with van der Waals surface area (Å²) >= 11 is 0. The molecule has 0 radical (unpaired) electrons. The Labute approximate surface area is 128 Å². The molecule has 0 aromatic heterocycles. The van der Waals surface area contributed by atoms with Crippen LogP contribution in [0.5, 0.6) is 0 Å². The summed E-state index contributed by atoms with van der Waals surface area (Å²) in [6, 6.07) is 0.536. The normalized spacial score (nSPS) is 13.3. The molecule has 0 bridgehead atoms. The van der Waals surface area contributed by atoms with E-state index >= 15 is 0 Å². The highest BCUT2D eigenvalue weighted by Gasteiger charge is 2.06. The van der Waals surface area contributed by atoms with Gasteiger partial charge in [-0.1, -0.05) is 47.0 Å². The number of rotatable bonds is 3. The van der Waals surface area contributed by atoms with Crippen LogP contribution in [-0.2, 0) is 0 Å². The molecule has 1 aliphatic carbocycles. The molecule has 1 fully saturated rings. The van der Waals surface area contributed by atoms with Gasteiger partial charge in [-0.15, -0.1) is 0 Å². The summed E-state index contributed by atoms with van der Waals surface area (Å²) in [6.45, 7) is 12.2. The van der Waals surface area contributed by atoms with Crippen molar-refractivity contribution in [3.05, 3.63) is 0 Å². The molecule has 5 heteroatoms. The van der Waals surface area contributed by atoms with Crippen molar-refractivity contribution in [2.24, 2.45) is 11.5 Å². The van der Waals surface area contributed by atoms with Gasteiger partial charge in [0.15, 0.2) is 0 Å². The molecule has 0 amide bonds. The molecule has 0 aromatic rings. The molecule has 0 aromatic carbocycles. The topological polar surface area (TPSA) is 111 Å². The number of nitrogens with one attached hydrogen (secondary N) is 2. The molecule has 128 valence electrons. The molecule has 5 nitrogen and oxygen atoms in total. The molecule has 9 N–H and O–H groups in total. The van der Waals surface area contributed by atoms with Gasteiger partial charge in [0.1, 0.15) is 0 Å². The molecule has 0 heterocycles. The first-order valence-electron chi connectivity index (χ1n) is 7.95. The smallest absolute Gasteiger partial charge is 0.00388 e. The zero-order valence-corrected chi connectivity index (χ0v) is 14.8. The van der Waals surface area contributed by atoms with Crippen LogP contribution in [-0.4, -0.2) is 39.3 Å². The average molecular weight is 294 g/mol. The highest BCUT2D eigenvalue weighted by atomic mass is 14.8. The van der Waals surface area contributed by atoms with E-state index in [1.165, 1.54) is 32.1 Å². The maximum Gasteiger partial charge on any atom is 0.00388 e. The third-order valence-corrected chi connectivity index (χ3v) is 2.50. The third-order valence-electron chi connectivity index (χ3n) is 2.50. The first-order valence-corrected chi connectivity index (χ1v) is 7.95. The first kappa shape index (κ1) is 28.0. The molecule has 1 rings (SSSR count). The molecule has 1 aliphatic rings. The van der Waals surface area contributed by atoms with Crippen LogP contribution in [0.15, 0.2) is 0 Å². The van der Waals surface area contributed by atoms with Gasteiger partial charge < -0.3 is 28.3 Å². The Morgan fingerprint density at radius 1 is 0.900 bits per heavy atom. The van der Waals surface area contributed by atoms with Gasteiger partial charge in [-0.05, 0) is 46.1 Å². The minimum atomic E-state index is 0. The highest BCUT2D eigenvalue weighted by Crippen LogP contribution is 2.14. The van der Waals surface area contributed by atoms with Gasteiger partial charge in [-0.3, -0.25) is 0 Å². The zero-order valence-electron chi connectivity index (χ0n) is 14.8. The van der Waals surface area contributed by atoms with Crippen molar-refractivity contribution in [2.75, 3.05) is 33.2 Å². The van der Waals surface area contributed by atoms with Crippen molar-refractivity contribution in [1.82, 2.24) is 16.8 Å². The summed E-state index contributed by atoms with van der Waals surface area (Å²) in [6.07, 6.45) is 6.66. The van der Waals surface area contributed by atoms with E-state index in [0.29, 0.717) is 6.04 Å². The largest absolute Gasteiger partial charge is 0.344 e. The lowest BCUT2D eigenvalue weighted by Crippen LogP contribution is -2.22. The minimum Gasteiger partial charge on any atom is -0.344 e. The van der Waals surface area contributed by atoms with Crippen LogP contribution in [0.4, 0.5) is 0 Å². The summed E-state index contributed by atoms with van der Waals surface area (Å²) in [5.41, 5.74) is 10.5. The average Bonchev–Trinajstić information content (AvgIpc) is 2.42. The van der Waals surface area contributed by atoms with Gasteiger partial charge in [0.2, 0.25) is 0 Å². The monoisotopic (exact) mass is 293 g/mol. The van der Waals surface area contributed by atoms with Crippen molar-refractivity contribution in [2.45, 2.75) is 65.8 Å².